The van der Waals surface area contributed by atoms with Crippen LogP contribution in [0.5, 0.6) is 5.75 Å². The molecule has 7 nitrogen and oxygen atoms in total. The number of pyridine rings is 1. The molecule has 0 bridgehead atoms. The van der Waals surface area contributed by atoms with Gasteiger partial charge in [-0.25, -0.2) is 0 Å². The molecule has 1 aliphatic rings. The minimum absolute atomic E-state index is 0.583. The lowest BCUT2D eigenvalue weighted by Crippen LogP contribution is -2.23. The van der Waals surface area contributed by atoms with E-state index in [2.05, 4.69) is 15.5 Å². The van der Waals surface area contributed by atoms with Crippen molar-refractivity contribution in [1.82, 2.24) is 10.1 Å². The zero-order valence-corrected chi connectivity index (χ0v) is 16.5. The van der Waals surface area contributed by atoms with Gasteiger partial charge >= 0.3 is 0 Å². The van der Waals surface area contributed by atoms with Gasteiger partial charge in [0.2, 0.25) is 0 Å². The minimum Gasteiger partial charge on any atom is -0.496 e. The number of nitrogens with zero attached hydrogens (tertiary/aromatic N) is 2. The van der Waals surface area contributed by atoms with Gasteiger partial charge in [0.15, 0.2) is 0 Å². The van der Waals surface area contributed by atoms with Crippen molar-refractivity contribution in [2.45, 2.75) is 26.7 Å². The number of methoxy groups -OCH3 is 1. The molecular formula is C21H26N4O3. The van der Waals surface area contributed by atoms with Gasteiger partial charge in [-0.05, 0) is 44.7 Å². The van der Waals surface area contributed by atoms with Gasteiger partial charge < -0.3 is 25.0 Å². The predicted octanol–water partition coefficient (Wildman–Crippen LogP) is 3.94. The summed E-state index contributed by atoms with van der Waals surface area (Å²) < 4.78 is 16.5. The van der Waals surface area contributed by atoms with Crippen LogP contribution in [-0.4, -0.2) is 37.0 Å². The smallest absolute Gasteiger partial charge is 0.141 e. The fourth-order valence-electron chi connectivity index (χ4n) is 3.86. The number of nitrogen functional groups attached to an aromatic ring is 1. The Hall–Kier alpha value is -2.80. The summed E-state index contributed by atoms with van der Waals surface area (Å²) in [5, 5.41) is 8.56. The fraction of sp³-hybridized carbons (Fsp3) is 0.429. The van der Waals surface area contributed by atoms with Crippen LogP contribution < -0.4 is 15.8 Å². The fourth-order valence-corrected chi connectivity index (χ4v) is 3.86. The zero-order chi connectivity index (χ0) is 19.7. The van der Waals surface area contributed by atoms with Gasteiger partial charge in [-0.2, -0.15) is 0 Å². The zero-order valence-electron chi connectivity index (χ0n) is 16.5. The molecule has 4 rings (SSSR count). The number of hydrogen-bond acceptors (Lipinski definition) is 7. The largest absolute Gasteiger partial charge is 0.496 e. The monoisotopic (exact) mass is 382 g/mol. The van der Waals surface area contributed by atoms with Gasteiger partial charge in [-0.1, -0.05) is 5.16 Å². The highest BCUT2D eigenvalue weighted by Crippen LogP contribution is 2.40. The van der Waals surface area contributed by atoms with Crippen LogP contribution in [0.2, 0.25) is 0 Å². The minimum atomic E-state index is 0.583. The predicted molar refractivity (Wildman–Crippen MR) is 110 cm³/mol. The maximum atomic E-state index is 6.26. The topological polar surface area (TPSA) is 95.4 Å². The van der Waals surface area contributed by atoms with E-state index in [1.807, 2.05) is 26.0 Å². The molecule has 0 saturated carbocycles. The van der Waals surface area contributed by atoms with E-state index in [0.717, 1.165) is 77.5 Å². The highest BCUT2D eigenvalue weighted by Gasteiger charge is 2.20. The van der Waals surface area contributed by atoms with E-state index in [9.17, 15) is 0 Å². The summed E-state index contributed by atoms with van der Waals surface area (Å²) in [7, 11) is 1.66. The summed E-state index contributed by atoms with van der Waals surface area (Å²) in [4.78, 5) is 4.55. The summed E-state index contributed by atoms with van der Waals surface area (Å²) in [6, 6.07) is 4.01. The Morgan fingerprint density at radius 2 is 2.04 bits per heavy atom. The molecule has 1 fully saturated rings. The average molecular weight is 382 g/mol. The van der Waals surface area contributed by atoms with Gasteiger partial charge in [-0.3, -0.25) is 4.98 Å². The highest BCUT2D eigenvalue weighted by molar-refractivity contribution is 6.00. The SMILES string of the molecule is COc1cc2c(NCC3CCOCC3)c(N)cnc2cc1-c1c(C)noc1C. The number of nitrogens with two attached hydrogens (primary N) is 1. The second kappa shape index (κ2) is 7.67. The van der Waals surface area contributed by atoms with Crippen LogP contribution in [-0.2, 0) is 4.74 Å². The molecule has 0 unspecified atom stereocenters. The molecule has 0 radical (unpaired) electrons. The van der Waals surface area contributed by atoms with E-state index < -0.39 is 0 Å². The number of rotatable bonds is 5. The average Bonchev–Trinajstić information content (AvgIpc) is 3.05. The number of ether oxygens (including phenoxy) is 2. The third-order valence-corrected chi connectivity index (χ3v) is 5.43. The first-order chi connectivity index (χ1) is 13.6. The van der Waals surface area contributed by atoms with E-state index in [0.29, 0.717) is 11.6 Å². The molecular weight excluding hydrogens is 356 g/mol. The Balaban J connectivity index is 1.75. The Labute approximate surface area is 164 Å². The molecule has 28 heavy (non-hydrogen) atoms. The van der Waals surface area contributed by atoms with Crippen LogP contribution in [0.15, 0.2) is 22.9 Å². The molecule has 3 heterocycles. The Kier molecular flexibility index (Phi) is 5.09. The number of fused-ring (bicyclic) bond motifs is 1. The molecule has 0 atom stereocenters. The first-order valence-electron chi connectivity index (χ1n) is 9.59. The van der Waals surface area contributed by atoms with Crippen molar-refractivity contribution in [3.63, 3.8) is 0 Å². The normalized spacial score (nSPS) is 15.1. The molecule has 7 heteroatoms. The number of hydrogen-bond donors (Lipinski definition) is 2. The molecule has 148 valence electrons. The number of aryl methyl sites for hydroxylation is 2. The van der Waals surface area contributed by atoms with E-state index >= 15 is 0 Å². The molecule has 0 amide bonds. The van der Waals surface area contributed by atoms with Crippen LogP contribution in [0.25, 0.3) is 22.0 Å². The van der Waals surface area contributed by atoms with E-state index in [-0.39, 0.29) is 0 Å². The van der Waals surface area contributed by atoms with Crippen LogP contribution in [0.1, 0.15) is 24.3 Å². The Morgan fingerprint density at radius 3 is 2.71 bits per heavy atom. The molecule has 3 N–H and O–H groups in total. The van der Waals surface area contributed by atoms with Gasteiger partial charge in [0, 0.05) is 30.7 Å². The molecule has 0 aliphatic carbocycles. The lowest BCUT2D eigenvalue weighted by Gasteiger charge is -2.23. The third kappa shape index (κ3) is 3.38. The molecule has 0 spiro atoms. The summed E-state index contributed by atoms with van der Waals surface area (Å²) in [6.07, 6.45) is 3.84. The van der Waals surface area contributed by atoms with Crippen molar-refractivity contribution >= 4 is 22.3 Å². The number of benzene rings is 1. The van der Waals surface area contributed by atoms with Crippen molar-refractivity contribution in [3.8, 4) is 16.9 Å². The summed E-state index contributed by atoms with van der Waals surface area (Å²) in [5.74, 6) is 2.08. The maximum absolute atomic E-state index is 6.26. The number of aromatic nitrogens is 2. The second-order valence-electron chi connectivity index (χ2n) is 7.29. The van der Waals surface area contributed by atoms with E-state index in [1.54, 1.807) is 13.3 Å². The molecule has 3 aromatic rings. The van der Waals surface area contributed by atoms with Gasteiger partial charge in [-0.15, -0.1) is 0 Å². The number of nitrogens with one attached hydrogen (secondary N) is 1. The van der Waals surface area contributed by atoms with E-state index in [1.165, 1.54) is 0 Å². The number of anilines is 2. The lowest BCUT2D eigenvalue weighted by atomic mass is 9.98. The van der Waals surface area contributed by atoms with Crippen molar-refractivity contribution in [1.29, 1.82) is 0 Å². The van der Waals surface area contributed by atoms with Crippen molar-refractivity contribution in [2.75, 3.05) is 37.9 Å². The Bertz CT molecular complexity index is 973. The Morgan fingerprint density at radius 1 is 1.25 bits per heavy atom. The third-order valence-electron chi connectivity index (χ3n) is 5.43. The van der Waals surface area contributed by atoms with Crippen LogP contribution in [0.3, 0.4) is 0 Å². The molecule has 1 aliphatic heterocycles. The van der Waals surface area contributed by atoms with Gasteiger partial charge in [0.25, 0.3) is 0 Å². The summed E-state index contributed by atoms with van der Waals surface area (Å²) in [5.41, 5.74) is 11.3. The highest BCUT2D eigenvalue weighted by atomic mass is 16.5. The first kappa shape index (κ1) is 18.6. The summed E-state index contributed by atoms with van der Waals surface area (Å²) >= 11 is 0. The quantitative estimate of drug-likeness (QED) is 0.690. The molecule has 1 aromatic carbocycles. The lowest BCUT2D eigenvalue weighted by molar-refractivity contribution is 0.0699. The maximum Gasteiger partial charge on any atom is 0.141 e. The first-order valence-corrected chi connectivity index (χ1v) is 9.59. The van der Waals surface area contributed by atoms with Crippen LogP contribution in [0.4, 0.5) is 11.4 Å². The summed E-state index contributed by atoms with van der Waals surface area (Å²) in [6.45, 7) is 6.34. The van der Waals surface area contributed by atoms with Crippen molar-refractivity contribution in [2.24, 2.45) is 5.92 Å². The van der Waals surface area contributed by atoms with Crippen LogP contribution in [0, 0.1) is 19.8 Å². The van der Waals surface area contributed by atoms with E-state index in [4.69, 9.17) is 19.7 Å². The van der Waals surface area contributed by atoms with Crippen molar-refractivity contribution < 1.29 is 14.0 Å². The molecule has 2 aromatic heterocycles. The van der Waals surface area contributed by atoms with Crippen LogP contribution >= 0.6 is 0 Å². The van der Waals surface area contributed by atoms with Crippen molar-refractivity contribution in [3.05, 3.63) is 29.8 Å². The second-order valence-corrected chi connectivity index (χ2v) is 7.29. The van der Waals surface area contributed by atoms with Gasteiger partial charge in [0.1, 0.15) is 11.5 Å². The standard InChI is InChI=1S/C21H26N4O3/c1-12-20(13(2)28-25-12)16-8-18-15(9-19(16)26-3)21(17(22)11-23-18)24-10-14-4-6-27-7-5-14/h8-9,11,14H,4-7,10,22H2,1-3H3,(H,23,24). The van der Waals surface area contributed by atoms with Gasteiger partial charge in [0.05, 0.1) is 41.5 Å². The molecule has 1 saturated heterocycles.